The molecule has 1 aliphatic heterocycles. The number of hydrogen-bond acceptors (Lipinski definition) is 6. The van der Waals surface area contributed by atoms with Crippen LogP contribution in [0.3, 0.4) is 0 Å². The Morgan fingerprint density at radius 3 is 2.47 bits per heavy atom. The molecule has 8 heteroatoms. The van der Waals surface area contributed by atoms with Crippen molar-refractivity contribution in [3.05, 3.63) is 59.5 Å². The minimum Gasteiger partial charge on any atom is -0.508 e. The molecule has 4 aromatic rings. The van der Waals surface area contributed by atoms with Gasteiger partial charge in [0, 0.05) is 35.2 Å². The molecule has 0 atom stereocenters. The molecule has 7 nitrogen and oxygen atoms in total. The van der Waals surface area contributed by atoms with E-state index in [1.54, 1.807) is 24.3 Å². The summed E-state index contributed by atoms with van der Waals surface area (Å²) in [4.78, 5) is 20.3. The number of aromatic hydroxyl groups is 1. The van der Waals surface area contributed by atoms with Crippen molar-refractivity contribution < 1.29 is 9.90 Å². The van der Waals surface area contributed by atoms with Gasteiger partial charge in [0.2, 0.25) is 4.96 Å². The largest absolute Gasteiger partial charge is 0.508 e. The first-order valence-corrected chi connectivity index (χ1v) is 11.8. The van der Waals surface area contributed by atoms with E-state index in [2.05, 4.69) is 20.3 Å². The predicted molar refractivity (Wildman–Crippen MR) is 126 cm³/mol. The van der Waals surface area contributed by atoms with Gasteiger partial charge in [-0.1, -0.05) is 18.6 Å². The number of nitrogens with one attached hydrogen (secondary N) is 1. The Labute approximate surface area is 190 Å². The molecule has 32 heavy (non-hydrogen) atoms. The molecule has 0 aliphatic carbocycles. The topological polar surface area (TPSA) is 82.8 Å². The second-order valence-corrected chi connectivity index (χ2v) is 8.87. The second kappa shape index (κ2) is 9.10. The van der Waals surface area contributed by atoms with Crippen LogP contribution in [0.25, 0.3) is 27.6 Å². The van der Waals surface area contributed by atoms with Gasteiger partial charge in [-0.3, -0.25) is 4.79 Å². The number of phenols is 1. The number of nitrogens with zero attached hydrogens (tertiary/aromatic N) is 4. The molecule has 2 aromatic carbocycles. The Morgan fingerprint density at radius 2 is 1.72 bits per heavy atom. The van der Waals surface area contributed by atoms with Crippen LogP contribution in [0.4, 0.5) is 0 Å². The van der Waals surface area contributed by atoms with Gasteiger partial charge in [0.1, 0.15) is 5.75 Å². The van der Waals surface area contributed by atoms with Gasteiger partial charge in [0.25, 0.3) is 5.91 Å². The molecule has 3 heterocycles. The summed E-state index contributed by atoms with van der Waals surface area (Å²) >= 11 is 1.52. The number of phenolic OH excluding ortho intramolecular Hbond substituents is 1. The third-order valence-corrected chi connectivity index (χ3v) is 6.63. The number of carbonyl (C=O) groups is 1. The smallest absolute Gasteiger partial charge is 0.251 e. The molecular formula is C24H25N5O2S. The minimum absolute atomic E-state index is 0.0422. The van der Waals surface area contributed by atoms with E-state index < -0.39 is 0 Å². The number of hydrogen-bond donors (Lipinski definition) is 2. The fourth-order valence-electron chi connectivity index (χ4n) is 4.02. The van der Waals surface area contributed by atoms with Crippen molar-refractivity contribution in [2.24, 2.45) is 0 Å². The van der Waals surface area contributed by atoms with Crippen molar-refractivity contribution in [1.82, 2.24) is 24.8 Å². The van der Waals surface area contributed by atoms with E-state index in [0.717, 1.165) is 41.4 Å². The molecule has 1 fully saturated rings. The Balaban J connectivity index is 1.27. The highest BCUT2D eigenvalue weighted by Crippen LogP contribution is 2.28. The Kier molecular flexibility index (Phi) is 5.87. The van der Waals surface area contributed by atoms with Gasteiger partial charge < -0.3 is 15.3 Å². The molecule has 2 N–H and O–H groups in total. The predicted octanol–water partition coefficient (Wildman–Crippen LogP) is 4.05. The lowest BCUT2D eigenvalue weighted by atomic mass is 10.1. The van der Waals surface area contributed by atoms with Gasteiger partial charge in [0.05, 0.1) is 5.69 Å². The van der Waals surface area contributed by atoms with Crippen LogP contribution < -0.4 is 5.32 Å². The molecule has 0 saturated carbocycles. The number of benzene rings is 2. The third kappa shape index (κ3) is 4.37. The van der Waals surface area contributed by atoms with E-state index in [1.165, 1.54) is 30.6 Å². The first kappa shape index (κ1) is 20.7. The van der Waals surface area contributed by atoms with Crippen LogP contribution in [0, 0.1) is 0 Å². The Bertz CT molecular complexity index is 1210. The van der Waals surface area contributed by atoms with Crippen molar-refractivity contribution in [3.8, 4) is 28.4 Å². The minimum atomic E-state index is -0.0422. The highest BCUT2D eigenvalue weighted by atomic mass is 32.1. The molecule has 0 radical (unpaired) electrons. The van der Waals surface area contributed by atoms with Crippen molar-refractivity contribution in [2.75, 3.05) is 26.2 Å². The summed E-state index contributed by atoms with van der Waals surface area (Å²) in [6, 6.07) is 14.5. The van der Waals surface area contributed by atoms with Crippen molar-refractivity contribution in [1.29, 1.82) is 0 Å². The zero-order valence-electron chi connectivity index (χ0n) is 17.7. The van der Waals surface area contributed by atoms with Crippen LogP contribution in [-0.4, -0.2) is 56.7 Å². The van der Waals surface area contributed by atoms with Crippen LogP contribution in [0.2, 0.25) is 0 Å². The summed E-state index contributed by atoms with van der Waals surface area (Å²) < 4.78 is 1.82. The number of thiazole rings is 1. The van der Waals surface area contributed by atoms with Crippen LogP contribution in [0.5, 0.6) is 5.75 Å². The molecule has 164 valence electrons. The van der Waals surface area contributed by atoms with Gasteiger partial charge in [-0.2, -0.15) is 4.98 Å². The average molecular weight is 448 g/mol. The Morgan fingerprint density at radius 1 is 1.00 bits per heavy atom. The van der Waals surface area contributed by atoms with Crippen molar-refractivity contribution >= 4 is 22.2 Å². The summed E-state index contributed by atoms with van der Waals surface area (Å²) in [5.41, 5.74) is 3.41. The fourth-order valence-corrected chi connectivity index (χ4v) is 4.85. The molecule has 0 unspecified atom stereocenters. The molecule has 1 aliphatic rings. The lowest BCUT2D eigenvalue weighted by Crippen LogP contribution is -2.37. The number of carbonyl (C=O) groups excluding carboxylic acids is 1. The summed E-state index contributed by atoms with van der Waals surface area (Å²) in [5, 5.41) is 19.2. The highest BCUT2D eigenvalue weighted by Gasteiger charge is 2.14. The van der Waals surface area contributed by atoms with E-state index in [-0.39, 0.29) is 11.7 Å². The average Bonchev–Trinajstić information content (AvgIpc) is 3.41. The van der Waals surface area contributed by atoms with Gasteiger partial charge in [0.15, 0.2) is 5.82 Å². The molecular weight excluding hydrogens is 422 g/mol. The zero-order valence-corrected chi connectivity index (χ0v) is 18.5. The molecule has 0 bridgehead atoms. The van der Waals surface area contributed by atoms with Gasteiger partial charge >= 0.3 is 0 Å². The first-order valence-electron chi connectivity index (χ1n) is 10.9. The third-order valence-electron chi connectivity index (χ3n) is 5.81. The zero-order chi connectivity index (χ0) is 21.9. The quantitative estimate of drug-likeness (QED) is 0.466. The van der Waals surface area contributed by atoms with E-state index in [1.807, 2.05) is 34.2 Å². The highest BCUT2D eigenvalue weighted by molar-refractivity contribution is 7.15. The first-order chi connectivity index (χ1) is 15.7. The van der Waals surface area contributed by atoms with Crippen LogP contribution in [0.15, 0.2) is 53.9 Å². The van der Waals surface area contributed by atoms with Crippen molar-refractivity contribution in [3.63, 3.8) is 0 Å². The summed E-state index contributed by atoms with van der Waals surface area (Å²) in [6.45, 7) is 3.85. The van der Waals surface area contributed by atoms with Gasteiger partial charge in [-0.05, 0) is 62.3 Å². The van der Waals surface area contributed by atoms with Gasteiger partial charge in [-0.25, -0.2) is 4.52 Å². The lowest BCUT2D eigenvalue weighted by Gasteiger charge is -2.26. The number of aromatic nitrogens is 3. The summed E-state index contributed by atoms with van der Waals surface area (Å²) in [5.74, 6) is 0.785. The SMILES string of the molecule is O=C(NCCN1CCCCC1)c1ccc(-c2csc3nc(-c4ccc(O)cc4)nn23)cc1. The normalized spacial score (nSPS) is 14.6. The summed E-state index contributed by atoms with van der Waals surface area (Å²) in [6.07, 6.45) is 3.83. The van der Waals surface area contributed by atoms with Crippen LogP contribution >= 0.6 is 11.3 Å². The van der Waals surface area contributed by atoms with Crippen LogP contribution in [-0.2, 0) is 0 Å². The number of rotatable bonds is 6. The maximum Gasteiger partial charge on any atom is 0.251 e. The number of fused-ring (bicyclic) bond motifs is 1. The summed E-state index contributed by atoms with van der Waals surface area (Å²) in [7, 11) is 0. The molecule has 5 rings (SSSR count). The molecule has 1 amide bonds. The second-order valence-electron chi connectivity index (χ2n) is 8.03. The molecule has 2 aromatic heterocycles. The Hall–Kier alpha value is -3.23. The maximum absolute atomic E-state index is 12.5. The monoisotopic (exact) mass is 447 g/mol. The van der Waals surface area contributed by atoms with Crippen LogP contribution in [0.1, 0.15) is 29.6 Å². The number of likely N-dealkylation sites (tertiary alicyclic amines) is 1. The fraction of sp³-hybridized carbons (Fsp3) is 0.292. The lowest BCUT2D eigenvalue weighted by molar-refractivity contribution is 0.0946. The van der Waals surface area contributed by atoms with E-state index in [0.29, 0.717) is 17.9 Å². The van der Waals surface area contributed by atoms with E-state index in [9.17, 15) is 9.90 Å². The van der Waals surface area contributed by atoms with E-state index in [4.69, 9.17) is 0 Å². The van der Waals surface area contributed by atoms with E-state index >= 15 is 0 Å². The van der Waals surface area contributed by atoms with Gasteiger partial charge in [-0.15, -0.1) is 16.4 Å². The number of piperidine rings is 1. The van der Waals surface area contributed by atoms with Crippen molar-refractivity contribution in [2.45, 2.75) is 19.3 Å². The molecule has 1 saturated heterocycles. The maximum atomic E-state index is 12.5. The standard InChI is InChI=1S/C24H25N5O2S/c30-20-10-8-18(9-11-20)22-26-24-29(27-22)21(16-32-24)17-4-6-19(7-5-17)23(31)25-12-15-28-13-2-1-3-14-28/h4-11,16,30H,1-3,12-15H2,(H,25,31). The number of amides is 1. The molecule has 0 spiro atoms.